The minimum atomic E-state index is 0.406. The maximum absolute atomic E-state index is 5.05. The number of hydrogen-bond acceptors (Lipinski definition) is 5. The average molecular weight is 255 g/mol. The highest BCUT2D eigenvalue weighted by Crippen LogP contribution is 2.13. The molecule has 0 spiro atoms. The average Bonchev–Trinajstić information content (AvgIpc) is 3.06. The molecule has 0 fully saturated rings. The first kappa shape index (κ1) is 11.6. The Morgan fingerprint density at radius 2 is 2.05 bits per heavy atom. The molecule has 0 aliphatic carbocycles. The van der Waals surface area contributed by atoms with Crippen molar-refractivity contribution in [3.05, 3.63) is 47.9 Å². The maximum atomic E-state index is 5.05. The van der Waals surface area contributed by atoms with Crippen LogP contribution in [0.1, 0.15) is 11.4 Å². The normalized spacial score (nSPS) is 10.8. The van der Waals surface area contributed by atoms with Crippen molar-refractivity contribution in [2.75, 3.05) is 0 Å². The Labute approximate surface area is 110 Å². The van der Waals surface area contributed by atoms with Crippen LogP contribution in [0.15, 0.2) is 41.1 Å². The first-order valence-corrected chi connectivity index (χ1v) is 6.06. The summed E-state index contributed by atoms with van der Waals surface area (Å²) in [4.78, 5) is 4.12. The van der Waals surface area contributed by atoms with Gasteiger partial charge in [-0.15, -0.1) is 5.10 Å². The van der Waals surface area contributed by atoms with Gasteiger partial charge in [0.25, 0.3) is 5.89 Å². The van der Waals surface area contributed by atoms with Gasteiger partial charge in [0.05, 0.1) is 6.20 Å². The van der Waals surface area contributed by atoms with E-state index in [0.29, 0.717) is 17.4 Å². The molecular weight excluding hydrogens is 242 g/mol. The van der Waals surface area contributed by atoms with Crippen molar-refractivity contribution in [2.45, 2.75) is 19.9 Å². The quantitative estimate of drug-likeness (QED) is 0.712. The summed E-state index contributed by atoms with van der Waals surface area (Å²) < 4.78 is 6.83. The number of benzene rings is 1. The number of aryl methyl sites for hydroxylation is 3. The zero-order valence-electron chi connectivity index (χ0n) is 10.5. The summed E-state index contributed by atoms with van der Waals surface area (Å²) in [5, 5.41) is 11.8. The van der Waals surface area contributed by atoms with E-state index in [0.717, 1.165) is 13.0 Å². The molecule has 96 valence electrons. The van der Waals surface area contributed by atoms with Crippen LogP contribution in [0.25, 0.3) is 11.6 Å². The van der Waals surface area contributed by atoms with Crippen LogP contribution in [-0.4, -0.2) is 25.1 Å². The van der Waals surface area contributed by atoms with E-state index >= 15 is 0 Å². The molecule has 0 amide bonds. The van der Waals surface area contributed by atoms with Crippen molar-refractivity contribution < 1.29 is 4.52 Å². The molecule has 0 saturated heterocycles. The summed E-state index contributed by atoms with van der Waals surface area (Å²) in [6, 6.07) is 10.3. The molecule has 6 nitrogen and oxygen atoms in total. The molecule has 2 aromatic heterocycles. The fourth-order valence-electron chi connectivity index (χ4n) is 1.80. The van der Waals surface area contributed by atoms with E-state index in [1.165, 1.54) is 5.56 Å². The number of nitrogens with zero attached hydrogens (tertiary/aromatic N) is 5. The van der Waals surface area contributed by atoms with Crippen molar-refractivity contribution in [3.63, 3.8) is 0 Å². The van der Waals surface area contributed by atoms with Crippen LogP contribution < -0.4 is 0 Å². The lowest BCUT2D eigenvalue weighted by Gasteiger charge is -2.00. The molecule has 0 aliphatic heterocycles. The van der Waals surface area contributed by atoms with Gasteiger partial charge < -0.3 is 4.52 Å². The zero-order chi connectivity index (χ0) is 13.1. The Morgan fingerprint density at radius 1 is 1.21 bits per heavy atom. The molecule has 0 unspecified atom stereocenters. The highest BCUT2D eigenvalue weighted by atomic mass is 16.5. The molecule has 0 radical (unpaired) electrons. The van der Waals surface area contributed by atoms with E-state index < -0.39 is 0 Å². The van der Waals surface area contributed by atoms with Gasteiger partial charge >= 0.3 is 0 Å². The predicted octanol–water partition coefficient (Wildman–Crippen LogP) is 1.88. The molecule has 0 saturated carbocycles. The second kappa shape index (κ2) is 5.01. The topological polar surface area (TPSA) is 69.6 Å². The third-order valence-electron chi connectivity index (χ3n) is 2.76. The second-order valence-electron chi connectivity index (χ2n) is 4.25. The van der Waals surface area contributed by atoms with Gasteiger partial charge in [-0.05, 0) is 18.9 Å². The van der Waals surface area contributed by atoms with E-state index in [9.17, 15) is 0 Å². The Kier molecular flexibility index (Phi) is 3.06. The predicted molar refractivity (Wildman–Crippen MR) is 68.2 cm³/mol. The van der Waals surface area contributed by atoms with E-state index in [4.69, 9.17) is 4.52 Å². The zero-order valence-corrected chi connectivity index (χ0v) is 10.5. The van der Waals surface area contributed by atoms with Gasteiger partial charge in [0.15, 0.2) is 11.5 Å². The van der Waals surface area contributed by atoms with Gasteiger partial charge in [-0.3, -0.25) is 4.68 Å². The van der Waals surface area contributed by atoms with Gasteiger partial charge in [0.1, 0.15) is 0 Å². The largest absolute Gasteiger partial charge is 0.332 e. The number of hydrogen-bond donors (Lipinski definition) is 0. The van der Waals surface area contributed by atoms with E-state index in [1.807, 2.05) is 24.4 Å². The molecule has 3 aromatic rings. The molecule has 0 N–H and O–H groups in total. The monoisotopic (exact) mass is 255 g/mol. The summed E-state index contributed by atoms with van der Waals surface area (Å²) in [7, 11) is 0. The SMILES string of the molecule is Cc1noc(-c2cn(CCc3ccccc3)nn2)n1. The van der Waals surface area contributed by atoms with Crippen LogP contribution in [0, 0.1) is 6.92 Å². The van der Waals surface area contributed by atoms with E-state index in [2.05, 4.69) is 32.6 Å². The highest BCUT2D eigenvalue weighted by molar-refractivity contribution is 5.43. The Hall–Kier alpha value is -2.50. The van der Waals surface area contributed by atoms with Gasteiger partial charge in [-0.1, -0.05) is 40.7 Å². The Balaban J connectivity index is 1.68. The summed E-state index contributed by atoms with van der Waals surface area (Å²) in [6.45, 7) is 2.54. The standard InChI is InChI=1S/C13H13N5O/c1-10-14-13(19-16-10)12-9-18(17-15-12)8-7-11-5-3-2-4-6-11/h2-6,9H,7-8H2,1H3. The Morgan fingerprint density at radius 3 is 2.79 bits per heavy atom. The molecule has 19 heavy (non-hydrogen) atoms. The fourth-order valence-corrected chi connectivity index (χ4v) is 1.80. The molecule has 1 aromatic carbocycles. The summed E-state index contributed by atoms with van der Waals surface area (Å²) >= 11 is 0. The van der Waals surface area contributed by atoms with Gasteiger partial charge in [0.2, 0.25) is 0 Å². The lowest BCUT2D eigenvalue weighted by molar-refractivity contribution is 0.424. The van der Waals surface area contributed by atoms with Crippen LogP contribution in [-0.2, 0) is 13.0 Å². The number of aromatic nitrogens is 5. The summed E-state index contributed by atoms with van der Waals surface area (Å²) in [5.41, 5.74) is 1.88. The van der Waals surface area contributed by atoms with Crippen molar-refractivity contribution in [2.24, 2.45) is 0 Å². The molecule has 0 bridgehead atoms. The van der Waals surface area contributed by atoms with Crippen LogP contribution in [0.2, 0.25) is 0 Å². The minimum Gasteiger partial charge on any atom is -0.332 e. The van der Waals surface area contributed by atoms with Crippen molar-refractivity contribution in [1.29, 1.82) is 0 Å². The molecule has 0 atom stereocenters. The van der Waals surface area contributed by atoms with Crippen LogP contribution in [0.4, 0.5) is 0 Å². The lowest BCUT2D eigenvalue weighted by Crippen LogP contribution is -2.01. The smallest absolute Gasteiger partial charge is 0.280 e. The van der Waals surface area contributed by atoms with Crippen LogP contribution in [0.3, 0.4) is 0 Å². The van der Waals surface area contributed by atoms with E-state index in [1.54, 1.807) is 11.6 Å². The molecule has 3 rings (SSSR count). The molecular formula is C13H13N5O. The first-order chi connectivity index (χ1) is 9.31. The molecule has 0 aliphatic rings. The first-order valence-electron chi connectivity index (χ1n) is 6.06. The minimum absolute atomic E-state index is 0.406. The van der Waals surface area contributed by atoms with Gasteiger partial charge in [0, 0.05) is 6.54 Å². The Bertz CT molecular complexity index is 658. The van der Waals surface area contributed by atoms with E-state index in [-0.39, 0.29) is 0 Å². The van der Waals surface area contributed by atoms with Crippen molar-refractivity contribution in [1.82, 2.24) is 25.1 Å². The van der Waals surface area contributed by atoms with Gasteiger partial charge in [-0.25, -0.2) is 0 Å². The van der Waals surface area contributed by atoms with Gasteiger partial charge in [-0.2, -0.15) is 4.98 Å². The third kappa shape index (κ3) is 2.67. The fraction of sp³-hybridized carbons (Fsp3) is 0.231. The molecule has 6 heteroatoms. The number of rotatable bonds is 4. The van der Waals surface area contributed by atoms with Crippen molar-refractivity contribution in [3.8, 4) is 11.6 Å². The summed E-state index contributed by atoms with van der Waals surface area (Å²) in [5.74, 6) is 0.997. The third-order valence-corrected chi connectivity index (χ3v) is 2.76. The van der Waals surface area contributed by atoms with Crippen LogP contribution >= 0.6 is 0 Å². The highest BCUT2D eigenvalue weighted by Gasteiger charge is 2.10. The second-order valence-corrected chi connectivity index (χ2v) is 4.25. The summed E-state index contributed by atoms with van der Waals surface area (Å²) in [6.07, 6.45) is 2.72. The maximum Gasteiger partial charge on any atom is 0.280 e. The van der Waals surface area contributed by atoms with Crippen LogP contribution in [0.5, 0.6) is 0 Å². The molecule has 2 heterocycles. The van der Waals surface area contributed by atoms with Crippen molar-refractivity contribution >= 4 is 0 Å². The lowest BCUT2D eigenvalue weighted by atomic mass is 10.1.